The van der Waals surface area contributed by atoms with Crippen molar-refractivity contribution in [2.75, 3.05) is 39.1 Å². The average Bonchev–Trinajstić information content (AvgIpc) is 2.25. The van der Waals surface area contributed by atoms with Crippen LogP contribution < -0.4 is 4.90 Å². The topological polar surface area (TPSA) is 43.8 Å². The first-order valence-electron chi connectivity index (χ1n) is 5.30. The number of carboxylic acid groups (broad SMARTS) is 1. The molecule has 94 valence electrons. The van der Waals surface area contributed by atoms with Crippen molar-refractivity contribution in [1.29, 1.82) is 0 Å². The third-order valence-electron chi connectivity index (χ3n) is 2.48. The zero-order valence-corrected chi connectivity index (χ0v) is 11.9. The zero-order valence-electron chi connectivity index (χ0n) is 10.3. The smallest absolute Gasteiger partial charge is 0.337 e. The lowest BCUT2D eigenvalue weighted by atomic mass is 10.1. The third kappa shape index (κ3) is 4.02. The monoisotopic (exact) mass is 300 g/mol. The normalized spacial score (nSPS) is 10.6. The van der Waals surface area contributed by atoms with E-state index in [0.29, 0.717) is 5.56 Å². The number of nitrogens with zero attached hydrogens (tertiary/aromatic N) is 2. The molecule has 0 saturated carbocycles. The maximum absolute atomic E-state index is 11.2. The molecule has 0 amide bonds. The molecule has 1 aromatic rings. The molecule has 0 spiro atoms. The molecule has 0 saturated heterocycles. The predicted molar refractivity (Wildman–Crippen MR) is 72.9 cm³/mol. The van der Waals surface area contributed by atoms with Crippen LogP contribution in [-0.2, 0) is 0 Å². The van der Waals surface area contributed by atoms with Crippen molar-refractivity contribution in [2.24, 2.45) is 0 Å². The molecule has 0 bridgehead atoms. The number of carbonyl (C=O) groups is 1. The van der Waals surface area contributed by atoms with Gasteiger partial charge < -0.3 is 14.9 Å². The van der Waals surface area contributed by atoms with Crippen LogP contribution in [0.1, 0.15) is 10.4 Å². The van der Waals surface area contributed by atoms with E-state index in [1.807, 2.05) is 38.2 Å². The van der Waals surface area contributed by atoms with E-state index >= 15 is 0 Å². The van der Waals surface area contributed by atoms with Crippen LogP contribution in [0.25, 0.3) is 0 Å². The van der Waals surface area contributed by atoms with Gasteiger partial charge in [0.2, 0.25) is 0 Å². The van der Waals surface area contributed by atoms with Gasteiger partial charge in [-0.25, -0.2) is 4.79 Å². The Morgan fingerprint density at radius 3 is 2.47 bits per heavy atom. The number of hydrogen-bond acceptors (Lipinski definition) is 3. The molecule has 0 radical (unpaired) electrons. The van der Waals surface area contributed by atoms with Gasteiger partial charge in [0.15, 0.2) is 0 Å². The largest absolute Gasteiger partial charge is 0.478 e. The van der Waals surface area contributed by atoms with Crippen molar-refractivity contribution in [3.05, 3.63) is 28.2 Å². The molecule has 0 unspecified atom stereocenters. The molecule has 0 fully saturated rings. The Kier molecular flexibility index (Phi) is 4.96. The molecule has 0 aliphatic rings. The zero-order chi connectivity index (χ0) is 13.0. The fraction of sp³-hybridized carbons (Fsp3) is 0.417. The summed E-state index contributed by atoms with van der Waals surface area (Å²) in [5.41, 5.74) is 1.06. The summed E-state index contributed by atoms with van der Waals surface area (Å²) >= 11 is 3.29. The number of hydrogen-bond donors (Lipinski definition) is 1. The Morgan fingerprint density at radius 1 is 1.29 bits per heavy atom. The molecule has 1 rings (SSSR count). The quantitative estimate of drug-likeness (QED) is 0.905. The first-order valence-corrected chi connectivity index (χ1v) is 6.10. The number of aromatic carboxylic acids is 1. The van der Waals surface area contributed by atoms with E-state index in [1.54, 1.807) is 6.07 Å². The van der Waals surface area contributed by atoms with Crippen molar-refractivity contribution >= 4 is 27.6 Å². The number of carboxylic acids is 1. The highest BCUT2D eigenvalue weighted by Gasteiger charge is 2.13. The van der Waals surface area contributed by atoms with Gasteiger partial charge in [-0.05, 0) is 32.3 Å². The van der Waals surface area contributed by atoms with E-state index in [2.05, 4.69) is 20.8 Å². The van der Waals surface area contributed by atoms with Crippen LogP contribution in [0.15, 0.2) is 22.7 Å². The number of halogens is 1. The van der Waals surface area contributed by atoms with Gasteiger partial charge in [-0.3, -0.25) is 0 Å². The summed E-state index contributed by atoms with van der Waals surface area (Å²) in [5.74, 6) is -0.905. The molecule has 0 atom stereocenters. The summed E-state index contributed by atoms with van der Waals surface area (Å²) in [6.45, 7) is 1.67. The van der Waals surface area contributed by atoms with Gasteiger partial charge in [0.25, 0.3) is 0 Å². The van der Waals surface area contributed by atoms with Crippen molar-refractivity contribution < 1.29 is 9.90 Å². The summed E-state index contributed by atoms with van der Waals surface area (Å²) in [6, 6.07) is 5.31. The van der Waals surface area contributed by atoms with Crippen LogP contribution in [0.2, 0.25) is 0 Å². The van der Waals surface area contributed by atoms with E-state index in [-0.39, 0.29) is 0 Å². The fourth-order valence-electron chi connectivity index (χ4n) is 1.48. The van der Waals surface area contributed by atoms with Crippen LogP contribution in [0.3, 0.4) is 0 Å². The van der Waals surface area contributed by atoms with Crippen molar-refractivity contribution in [1.82, 2.24) is 4.90 Å². The summed E-state index contributed by atoms with van der Waals surface area (Å²) in [6.07, 6.45) is 0. The molecule has 5 heteroatoms. The maximum atomic E-state index is 11.2. The van der Waals surface area contributed by atoms with E-state index in [9.17, 15) is 4.79 Å². The van der Waals surface area contributed by atoms with Gasteiger partial charge >= 0.3 is 5.97 Å². The summed E-state index contributed by atoms with van der Waals surface area (Å²) in [7, 11) is 5.89. The van der Waals surface area contributed by atoms with Crippen molar-refractivity contribution in [3.63, 3.8) is 0 Å². The molecular weight excluding hydrogens is 284 g/mol. The second-order valence-electron chi connectivity index (χ2n) is 4.19. The first kappa shape index (κ1) is 14.0. The Hall–Kier alpha value is -1.07. The fourth-order valence-corrected chi connectivity index (χ4v) is 1.84. The van der Waals surface area contributed by atoms with E-state index in [1.165, 1.54) is 0 Å². The average molecular weight is 301 g/mol. The highest BCUT2D eigenvalue weighted by molar-refractivity contribution is 9.10. The highest BCUT2D eigenvalue weighted by Crippen LogP contribution is 2.23. The highest BCUT2D eigenvalue weighted by atomic mass is 79.9. The molecular formula is C12H17BrN2O2. The van der Waals surface area contributed by atoms with Gasteiger partial charge in [-0.1, -0.05) is 15.9 Å². The van der Waals surface area contributed by atoms with E-state index < -0.39 is 5.97 Å². The number of benzene rings is 1. The van der Waals surface area contributed by atoms with Gasteiger partial charge in [-0.15, -0.1) is 0 Å². The molecule has 0 heterocycles. The lowest BCUT2D eigenvalue weighted by Gasteiger charge is -2.23. The molecule has 4 nitrogen and oxygen atoms in total. The van der Waals surface area contributed by atoms with Gasteiger partial charge in [0, 0.05) is 24.6 Å². The van der Waals surface area contributed by atoms with Gasteiger partial charge in [-0.2, -0.15) is 0 Å². The van der Waals surface area contributed by atoms with Crippen molar-refractivity contribution in [3.8, 4) is 0 Å². The molecule has 0 aromatic heterocycles. The second-order valence-corrected chi connectivity index (χ2v) is 5.11. The van der Waals surface area contributed by atoms with E-state index in [4.69, 9.17) is 5.11 Å². The predicted octanol–water partition coefficient (Wildman–Crippen LogP) is 2.15. The Bertz CT molecular complexity index is 407. The lowest BCUT2D eigenvalue weighted by Crippen LogP contribution is -2.29. The maximum Gasteiger partial charge on any atom is 0.337 e. The van der Waals surface area contributed by atoms with Gasteiger partial charge in [0.05, 0.1) is 11.3 Å². The SMILES string of the molecule is CN(C)CCN(C)c1ccc(Br)cc1C(=O)O. The van der Waals surface area contributed by atoms with E-state index in [0.717, 1.165) is 23.2 Å². The molecule has 1 N–H and O–H groups in total. The molecule has 1 aromatic carbocycles. The minimum Gasteiger partial charge on any atom is -0.478 e. The molecule has 0 aliphatic carbocycles. The number of likely N-dealkylation sites (N-methyl/N-ethyl adjacent to an activating group) is 2. The Labute approximate surface area is 110 Å². The van der Waals surface area contributed by atoms with Crippen molar-refractivity contribution in [2.45, 2.75) is 0 Å². The third-order valence-corrected chi connectivity index (χ3v) is 2.98. The Balaban J connectivity index is 2.92. The standard InChI is InChI=1S/C12H17BrN2O2/c1-14(2)6-7-15(3)11-5-4-9(13)8-10(11)12(16)17/h4-5,8H,6-7H2,1-3H3,(H,16,17). The van der Waals surface area contributed by atoms with Crippen LogP contribution in [-0.4, -0.2) is 50.2 Å². The van der Waals surface area contributed by atoms with Crippen LogP contribution in [0.5, 0.6) is 0 Å². The second kappa shape index (κ2) is 6.02. The van der Waals surface area contributed by atoms with Gasteiger partial charge in [0.1, 0.15) is 0 Å². The molecule has 0 aliphatic heterocycles. The molecule has 17 heavy (non-hydrogen) atoms. The first-order chi connectivity index (χ1) is 7.91. The number of rotatable bonds is 5. The summed E-state index contributed by atoms with van der Waals surface area (Å²) < 4.78 is 0.777. The Morgan fingerprint density at radius 2 is 1.94 bits per heavy atom. The summed E-state index contributed by atoms with van der Waals surface area (Å²) in [4.78, 5) is 15.2. The van der Waals surface area contributed by atoms with Crippen LogP contribution >= 0.6 is 15.9 Å². The van der Waals surface area contributed by atoms with Crippen LogP contribution in [0.4, 0.5) is 5.69 Å². The lowest BCUT2D eigenvalue weighted by molar-refractivity contribution is 0.0697. The minimum absolute atomic E-state index is 0.320. The van der Waals surface area contributed by atoms with Crippen LogP contribution in [0, 0.1) is 0 Å². The minimum atomic E-state index is -0.905. The summed E-state index contributed by atoms with van der Waals surface area (Å²) in [5, 5.41) is 9.16. The number of anilines is 1.